The van der Waals surface area contributed by atoms with Gasteiger partial charge in [0.15, 0.2) is 0 Å². The predicted octanol–water partition coefficient (Wildman–Crippen LogP) is 4.33. The van der Waals surface area contributed by atoms with E-state index >= 15 is 0 Å². The Bertz CT molecular complexity index is 1180. The average molecular weight is 457 g/mol. The van der Waals surface area contributed by atoms with Gasteiger partial charge >= 0.3 is 0 Å². The highest BCUT2D eigenvalue weighted by Crippen LogP contribution is 2.32. The molecule has 2 aromatic carbocycles. The summed E-state index contributed by atoms with van der Waals surface area (Å²) in [5, 5.41) is 3.21. The Morgan fingerprint density at radius 2 is 1.62 bits per heavy atom. The lowest BCUT2D eigenvalue weighted by Crippen LogP contribution is -2.32. The number of hydrogen-bond donors (Lipinski definition) is 1. The van der Waals surface area contributed by atoms with Crippen molar-refractivity contribution in [2.24, 2.45) is 0 Å². The van der Waals surface area contributed by atoms with Gasteiger partial charge in [0.1, 0.15) is 11.4 Å². The fourth-order valence-electron chi connectivity index (χ4n) is 4.00. The number of carbonyl (C=O) groups excluding carboxylic acids is 2. The van der Waals surface area contributed by atoms with E-state index < -0.39 is 0 Å². The third-order valence-electron chi connectivity index (χ3n) is 5.86. The Hall–Kier alpha value is -4.13. The van der Waals surface area contributed by atoms with Crippen LogP contribution in [0.1, 0.15) is 25.1 Å². The SMILES string of the molecule is CCN(CC)c1ccc(NC2=C(c3ccc(OC)cc3)C(=O)N(Cc3ccccn3)C2=O)cc1. The van der Waals surface area contributed by atoms with E-state index in [2.05, 4.69) is 29.0 Å². The molecule has 0 aliphatic carbocycles. The Labute approximate surface area is 199 Å². The second-order valence-electron chi connectivity index (χ2n) is 7.84. The molecule has 0 saturated heterocycles. The summed E-state index contributed by atoms with van der Waals surface area (Å²) < 4.78 is 5.25. The zero-order valence-electron chi connectivity index (χ0n) is 19.6. The standard InChI is InChI=1S/C27H28N4O3/c1-4-30(5-2)22-13-11-20(12-14-22)29-25-24(19-9-15-23(34-3)16-10-19)26(32)31(27(25)33)18-21-8-6-7-17-28-21/h6-17,29H,4-5,18H2,1-3H3. The summed E-state index contributed by atoms with van der Waals surface area (Å²) in [4.78, 5) is 34.6. The number of carbonyl (C=O) groups is 2. The lowest BCUT2D eigenvalue weighted by atomic mass is 10.0. The van der Waals surface area contributed by atoms with Crippen molar-refractivity contribution in [3.63, 3.8) is 0 Å². The van der Waals surface area contributed by atoms with Gasteiger partial charge in [-0.25, -0.2) is 0 Å². The Morgan fingerprint density at radius 1 is 0.912 bits per heavy atom. The molecule has 0 fully saturated rings. The van der Waals surface area contributed by atoms with Crippen molar-refractivity contribution in [1.29, 1.82) is 0 Å². The molecule has 7 heteroatoms. The molecule has 34 heavy (non-hydrogen) atoms. The molecule has 1 aromatic heterocycles. The summed E-state index contributed by atoms with van der Waals surface area (Å²) in [6, 6.07) is 20.4. The van der Waals surface area contributed by atoms with Crippen LogP contribution < -0.4 is 15.0 Å². The number of aromatic nitrogens is 1. The topological polar surface area (TPSA) is 74.8 Å². The molecule has 7 nitrogen and oxygen atoms in total. The molecule has 1 aliphatic rings. The van der Waals surface area contributed by atoms with Crippen molar-refractivity contribution >= 4 is 28.8 Å². The monoisotopic (exact) mass is 456 g/mol. The highest BCUT2D eigenvalue weighted by molar-refractivity contribution is 6.36. The van der Waals surface area contributed by atoms with Gasteiger partial charge in [0, 0.05) is 30.7 Å². The first-order valence-corrected chi connectivity index (χ1v) is 11.3. The minimum absolute atomic E-state index is 0.101. The van der Waals surface area contributed by atoms with Gasteiger partial charge in [0.25, 0.3) is 11.8 Å². The minimum Gasteiger partial charge on any atom is -0.497 e. The number of ether oxygens (including phenoxy) is 1. The number of benzene rings is 2. The van der Waals surface area contributed by atoms with Crippen LogP contribution in [-0.2, 0) is 16.1 Å². The maximum absolute atomic E-state index is 13.4. The minimum atomic E-state index is -0.380. The fourth-order valence-corrected chi connectivity index (χ4v) is 4.00. The molecular weight excluding hydrogens is 428 g/mol. The van der Waals surface area contributed by atoms with Gasteiger partial charge in [-0.15, -0.1) is 0 Å². The zero-order chi connectivity index (χ0) is 24.1. The van der Waals surface area contributed by atoms with Gasteiger partial charge in [0.2, 0.25) is 0 Å². The van der Waals surface area contributed by atoms with Crippen LogP contribution in [0.25, 0.3) is 5.57 Å². The Kier molecular flexibility index (Phi) is 6.92. The number of amides is 2. The quantitative estimate of drug-likeness (QED) is 0.483. The third-order valence-corrected chi connectivity index (χ3v) is 5.86. The molecule has 3 aromatic rings. The van der Waals surface area contributed by atoms with Crippen LogP contribution >= 0.6 is 0 Å². The predicted molar refractivity (Wildman–Crippen MR) is 133 cm³/mol. The molecule has 2 heterocycles. The van der Waals surface area contributed by atoms with Crippen molar-refractivity contribution in [2.45, 2.75) is 20.4 Å². The van der Waals surface area contributed by atoms with E-state index in [0.29, 0.717) is 22.6 Å². The normalized spacial score (nSPS) is 13.4. The molecule has 1 aliphatic heterocycles. The first kappa shape index (κ1) is 23.0. The molecule has 1 N–H and O–H groups in total. The lowest BCUT2D eigenvalue weighted by Gasteiger charge is -2.21. The Balaban J connectivity index is 1.68. The molecule has 0 saturated carbocycles. The van der Waals surface area contributed by atoms with Gasteiger partial charge in [-0.05, 0) is 67.9 Å². The average Bonchev–Trinajstić information content (AvgIpc) is 3.10. The molecule has 0 spiro atoms. The van der Waals surface area contributed by atoms with Gasteiger partial charge in [-0.2, -0.15) is 0 Å². The molecule has 2 amide bonds. The maximum Gasteiger partial charge on any atom is 0.278 e. The van der Waals surface area contributed by atoms with E-state index in [1.165, 1.54) is 4.90 Å². The van der Waals surface area contributed by atoms with Gasteiger partial charge in [-0.1, -0.05) is 18.2 Å². The summed E-state index contributed by atoms with van der Waals surface area (Å²) in [6.45, 7) is 6.14. The molecule has 4 rings (SSSR count). The van der Waals surface area contributed by atoms with E-state index in [-0.39, 0.29) is 24.1 Å². The second kappa shape index (κ2) is 10.2. The highest BCUT2D eigenvalue weighted by atomic mass is 16.5. The van der Waals surface area contributed by atoms with E-state index in [1.54, 1.807) is 49.7 Å². The van der Waals surface area contributed by atoms with E-state index in [0.717, 1.165) is 24.5 Å². The van der Waals surface area contributed by atoms with E-state index in [1.807, 2.05) is 30.3 Å². The van der Waals surface area contributed by atoms with E-state index in [9.17, 15) is 9.59 Å². The van der Waals surface area contributed by atoms with Crippen LogP contribution in [0.4, 0.5) is 11.4 Å². The summed E-state index contributed by atoms with van der Waals surface area (Å²) in [7, 11) is 1.59. The first-order chi connectivity index (χ1) is 16.5. The second-order valence-corrected chi connectivity index (χ2v) is 7.84. The van der Waals surface area contributed by atoms with Gasteiger partial charge in [0.05, 0.1) is 24.9 Å². The number of nitrogens with one attached hydrogen (secondary N) is 1. The summed E-state index contributed by atoms with van der Waals surface area (Å²) >= 11 is 0. The summed E-state index contributed by atoms with van der Waals surface area (Å²) in [5.74, 6) is -0.0645. The summed E-state index contributed by atoms with van der Waals surface area (Å²) in [6.07, 6.45) is 1.65. The van der Waals surface area contributed by atoms with E-state index in [4.69, 9.17) is 4.74 Å². The maximum atomic E-state index is 13.4. The van der Waals surface area contributed by atoms with Gasteiger partial charge in [-0.3, -0.25) is 19.5 Å². The number of anilines is 2. The van der Waals surface area contributed by atoms with Crippen molar-refractivity contribution in [1.82, 2.24) is 9.88 Å². The van der Waals surface area contributed by atoms with Crippen molar-refractivity contribution in [3.8, 4) is 5.75 Å². The molecule has 0 bridgehead atoms. The van der Waals surface area contributed by atoms with Crippen LogP contribution in [-0.4, -0.2) is 41.9 Å². The smallest absolute Gasteiger partial charge is 0.278 e. The summed E-state index contributed by atoms with van der Waals surface area (Å²) in [5.41, 5.74) is 3.70. The zero-order valence-corrected chi connectivity index (χ0v) is 19.6. The third kappa shape index (κ3) is 4.64. The number of methoxy groups -OCH3 is 1. The Morgan fingerprint density at radius 3 is 2.21 bits per heavy atom. The van der Waals surface area contributed by atoms with Crippen LogP contribution in [0.5, 0.6) is 5.75 Å². The lowest BCUT2D eigenvalue weighted by molar-refractivity contribution is -0.137. The van der Waals surface area contributed by atoms with Crippen LogP contribution in [0.15, 0.2) is 78.6 Å². The molecule has 0 atom stereocenters. The first-order valence-electron chi connectivity index (χ1n) is 11.3. The number of pyridine rings is 1. The molecule has 0 radical (unpaired) electrons. The van der Waals surface area contributed by atoms with Crippen molar-refractivity contribution < 1.29 is 14.3 Å². The molecule has 0 unspecified atom stereocenters. The van der Waals surface area contributed by atoms with Crippen molar-refractivity contribution in [2.75, 3.05) is 30.4 Å². The largest absolute Gasteiger partial charge is 0.497 e. The number of rotatable bonds is 9. The molecular formula is C27H28N4O3. The number of nitrogens with zero attached hydrogens (tertiary/aromatic N) is 3. The fraction of sp³-hybridized carbons (Fsp3) is 0.222. The number of hydrogen-bond acceptors (Lipinski definition) is 6. The van der Waals surface area contributed by atoms with Gasteiger partial charge < -0.3 is 15.0 Å². The van der Waals surface area contributed by atoms with Crippen molar-refractivity contribution in [3.05, 3.63) is 89.9 Å². The van der Waals surface area contributed by atoms with Crippen LogP contribution in [0.3, 0.4) is 0 Å². The highest BCUT2D eigenvalue weighted by Gasteiger charge is 2.39. The number of imide groups is 1. The molecule has 174 valence electrons. The van der Waals surface area contributed by atoms with Crippen LogP contribution in [0.2, 0.25) is 0 Å². The van der Waals surface area contributed by atoms with Crippen LogP contribution in [0, 0.1) is 0 Å².